The van der Waals surface area contributed by atoms with E-state index < -0.39 is 11.2 Å². The fourth-order valence-corrected chi connectivity index (χ4v) is 4.48. The van der Waals surface area contributed by atoms with E-state index in [0.717, 1.165) is 37.1 Å². The van der Waals surface area contributed by atoms with Crippen molar-refractivity contribution in [3.05, 3.63) is 59.7 Å². The lowest BCUT2D eigenvalue weighted by atomic mass is 9.91. The number of carbonyl (C=O) groups excluding carboxylic acids is 2. The fourth-order valence-electron chi connectivity index (χ4n) is 4.48. The summed E-state index contributed by atoms with van der Waals surface area (Å²) in [7, 11) is 0. The molecule has 0 fully saturated rings. The van der Waals surface area contributed by atoms with Crippen molar-refractivity contribution in [2.45, 2.75) is 106 Å². The number of nitrogens with two attached hydrogens (primary N) is 2. The molecule has 2 rings (SSSR count). The molecule has 0 saturated heterocycles. The Morgan fingerprint density at radius 3 is 1.12 bits per heavy atom. The fraction of sp³-hybridized carbons (Fsp3) is 0.588. The van der Waals surface area contributed by atoms with Crippen molar-refractivity contribution >= 4 is 23.3 Å². The third kappa shape index (κ3) is 15.5. The first-order valence-electron chi connectivity index (χ1n) is 14.5. The molecule has 4 atom stereocenters. The van der Waals surface area contributed by atoms with Gasteiger partial charge in [0.25, 0.3) is 0 Å². The standard InChI is InChI=1S/2C17H27NO2/c2*1-12(11-14-6-8-15(18)9-7-14)10-13(2)16(19)20-17(3,4)5/h2*6-9,12-13H,10-11,18H2,1-5H3/t12-,13+;12-,13-/m11/s1. The van der Waals surface area contributed by atoms with Gasteiger partial charge in [0, 0.05) is 11.4 Å². The number of benzene rings is 2. The summed E-state index contributed by atoms with van der Waals surface area (Å²) in [6.07, 6.45) is 3.57. The molecular weight excluding hydrogens is 500 g/mol. The Morgan fingerprint density at radius 1 is 0.600 bits per heavy atom. The molecule has 0 aliphatic rings. The normalized spacial score (nSPS) is 14.7. The molecule has 0 aromatic heterocycles. The van der Waals surface area contributed by atoms with Crippen LogP contribution in [-0.2, 0) is 31.9 Å². The molecule has 6 heteroatoms. The van der Waals surface area contributed by atoms with E-state index in [2.05, 4.69) is 13.8 Å². The highest BCUT2D eigenvalue weighted by Gasteiger charge is 2.24. The van der Waals surface area contributed by atoms with Crippen LogP contribution in [0.5, 0.6) is 0 Å². The lowest BCUT2D eigenvalue weighted by Gasteiger charge is -2.23. The van der Waals surface area contributed by atoms with Crippen molar-refractivity contribution < 1.29 is 19.1 Å². The first-order valence-corrected chi connectivity index (χ1v) is 14.5. The largest absolute Gasteiger partial charge is 0.460 e. The number of hydrogen-bond acceptors (Lipinski definition) is 6. The molecule has 0 unspecified atom stereocenters. The molecule has 0 aliphatic carbocycles. The minimum absolute atomic E-state index is 0.0713. The van der Waals surface area contributed by atoms with Gasteiger partial charge in [0.1, 0.15) is 11.2 Å². The summed E-state index contributed by atoms with van der Waals surface area (Å²) in [5.41, 5.74) is 14.6. The monoisotopic (exact) mass is 554 g/mol. The van der Waals surface area contributed by atoms with Crippen LogP contribution in [0.15, 0.2) is 48.5 Å². The van der Waals surface area contributed by atoms with Crippen LogP contribution in [0.1, 0.15) is 93.2 Å². The lowest BCUT2D eigenvalue weighted by Crippen LogP contribution is -2.28. The summed E-state index contributed by atoms with van der Waals surface area (Å²) in [6.45, 7) is 19.6. The summed E-state index contributed by atoms with van der Waals surface area (Å²) in [6, 6.07) is 15.8. The van der Waals surface area contributed by atoms with Crippen LogP contribution in [0.3, 0.4) is 0 Å². The Morgan fingerprint density at radius 2 is 0.875 bits per heavy atom. The van der Waals surface area contributed by atoms with E-state index >= 15 is 0 Å². The molecule has 0 radical (unpaired) electrons. The van der Waals surface area contributed by atoms with Crippen LogP contribution < -0.4 is 11.5 Å². The van der Waals surface area contributed by atoms with Crippen LogP contribution in [-0.4, -0.2) is 23.1 Å². The lowest BCUT2D eigenvalue weighted by molar-refractivity contribution is -0.161. The highest BCUT2D eigenvalue weighted by Crippen LogP contribution is 2.22. The molecule has 4 N–H and O–H groups in total. The van der Waals surface area contributed by atoms with Crippen molar-refractivity contribution in [3.63, 3.8) is 0 Å². The molecule has 0 spiro atoms. The maximum absolute atomic E-state index is 12.0. The molecule has 2 aromatic carbocycles. The van der Waals surface area contributed by atoms with Gasteiger partial charge in [0.05, 0.1) is 11.8 Å². The number of nitrogen functional groups attached to an aromatic ring is 2. The van der Waals surface area contributed by atoms with E-state index in [1.165, 1.54) is 11.1 Å². The highest BCUT2D eigenvalue weighted by molar-refractivity contribution is 5.72. The Balaban J connectivity index is 0.000000400. The summed E-state index contributed by atoms with van der Waals surface area (Å²) in [4.78, 5) is 23.9. The van der Waals surface area contributed by atoms with Crippen molar-refractivity contribution in [1.82, 2.24) is 0 Å². The summed E-state index contributed by atoms with van der Waals surface area (Å²) >= 11 is 0. The average molecular weight is 555 g/mol. The van der Waals surface area contributed by atoms with Gasteiger partial charge in [0.15, 0.2) is 0 Å². The molecule has 0 saturated carbocycles. The highest BCUT2D eigenvalue weighted by atomic mass is 16.6. The number of anilines is 2. The smallest absolute Gasteiger partial charge is 0.309 e. The molecule has 2 aromatic rings. The molecule has 0 bridgehead atoms. The molecule has 0 aliphatic heterocycles. The average Bonchev–Trinajstić information content (AvgIpc) is 2.80. The van der Waals surface area contributed by atoms with Crippen LogP contribution in [0.4, 0.5) is 11.4 Å². The SMILES string of the molecule is C[C@@H](Cc1ccc(N)cc1)C[C@@H](C)C(=O)OC(C)(C)C.C[C@@H](Cc1ccc(N)cc1)C[C@H](C)C(=O)OC(C)(C)C. The van der Waals surface area contributed by atoms with Crippen LogP contribution in [0, 0.1) is 23.7 Å². The first-order chi connectivity index (χ1) is 18.3. The van der Waals surface area contributed by atoms with E-state index in [4.69, 9.17) is 20.9 Å². The van der Waals surface area contributed by atoms with Gasteiger partial charge < -0.3 is 20.9 Å². The molecule has 6 nitrogen and oxygen atoms in total. The molecular formula is C34H54N2O4. The number of rotatable bonds is 10. The number of ether oxygens (including phenoxy) is 2. The van der Waals surface area contributed by atoms with E-state index in [9.17, 15) is 9.59 Å². The third-order valence-electron chi connectivity index (χ3n) is 6.26. The second-order valence-corrected chi connectivity index (χ2v) is 13.4. The van der Waals surface area contributed by atoms with Gasteiger partial charge in [-0.1, -0.05) is 52.0 Å². The van der Waals surface area contributed by atoms with Crippen molar-refractivity contribution in [2.24, 2.45) is 23.7 Å². The van der Waals surface area contributed by atoms with Crippen molar-refractivity contribution in [1.29, 1.82) is 0 Å². The van der Waals surface area contributed by atoms with E-state index in [1.54, 1.807) is 0 Å². The van der Waals surface area contributed by atoms with Gasteiger partial charge in [-0.2, -0.15) is 0 Å². The zero-order valence-electron chi connectivity index (χ0n) is 26.5. The summed E-state index contributed by atoms with van der Waals surface area (Å²) in [5.74, 6) is 0.501. The van der Waals surface area contributed by atoms with Crippen molar-refractivity contribution in [3.8, 4) is 0 Å². The van der Waals surface area contributed by atoms with Gasteiger partial charge >= 0.3 is 11.9 Å². The van der Waals surface area contributed by atoms with E-state index in [0.29, 0.717) is 11.8 Å². The van der Waals surface area contributed by atoms with Gasteiger partial charge in [-0.3, -0.25) is 9.59 Å². The zero-order chi connectivity index (χ0) is 30.7. The maximum Gasteiger partial charge on any atom is 0.309 e. The van der Waals surface area contributed by atoms with E-state index in [-0.39, 0.29) is 23.8 Å². The minimum Gasteiger partial charge on any atom is -0.460 e. The zero-order valence-corrected chi connectivity index (χ0v) is 26.5. The summed E-state index contributed by atoms with van der Waals surface area (Å²) in [5, 5.41) is 0. The van der Waals surface area contributed by atoms with Gasteiger partial charge in [-0.05, 0) is 114 Å². The third-order valence-corrected chi connectivity index (χ3v) is 6.26. The van der Waals surface area contributed by atoms with Crippen LogP contribution in [0.25, 0.3) is 0 Å². The number of hydrogen-bond donors (Lipinski definition) is 2. The quantitative estimate of drug-likeness (QED) is 0.231. The Labute approximate surface area is 243 Å². The Kier molecular flexibility index (Phi) is 13.7. The number of esters is 2. The summed E-state index contributed by atoms with van der Waals surface area (Å²) < 4.78 is 10.8. The molecule has 224 valence electrons. The predicted molar refractivity (Wildman–Crippen MR) is 167 cm³/mol. The van der Waals surface area contributed by atoms with Crippen LogP contribution >= 0.6 is 0 Å². The second-order valence-electron chi connectivity index (χ2n) is 13.4. The molecule has 40 heavy (non-hydrogen) atoms. The van der Waals surface area contributed by atoms with Gasteiger partial charge in [0.2, 0.25) is 0 Å². The van der Waals surface area contributed by atoms with Crippen LogP contribution in [0.2, 0.25) is 0 Å². The topological polar surface area (TPSA) is 105 Å². The van der Waals surface area contributed by atoms with E-state index in [1.807, 2.05) is 104 Å². The second kappa shape index (κ2) is 15.7. The Hall–Kier alpha value is -3.02. The minimum atomic E-state index is -0.411. The molecule has 0 heterocycles. The number of carbonyl (C=O) groups is 2. The Bertz CT molecular complexity index is 948. The van der Waals surface area contributed by atoms with Crippen molar-refractivity contribution in [2.75, 3.05) is 11.5 Å². The van der Waals surface area contributed by atoms with Gasteiger partial charge in [-0.15, -0.1) is 0 Å². The maximum atomic E-state index is 12.0. The first kappa shape index (κ1) is 35.0. The van der Waals surface area contributed by atoms with Gasteiger partial charge in [-0.25, -0.2) is 0 Å². The predicted octanol–water partition coefficient (Wildman–Crippen LogP) is 7.63. The molecule has 0 amide bonds.